The van der Waals surface area contributed by atoms with Crippen molar-refractivity contribution in [3.63, 3.8) is 0 Å². The van der Waals surface area contributed by atoms with E-state index in [1.54, 1.807) is 17.0 Å². The molecule has 1 aliphatic rings. The van der Waals surface area contributed by atoms with Crippen molar-refractivity contribution >= 4 is 28.1 Å². The molecule has 1 heterocycles. The van der Waals surface area contributed by atoms with E-state index < -0.39 is 0 Å². The van der Waals surface area contributed by atoms with Crippen molar-refractivity contribution in [3.05, 3.63) is 65.8 Å². The van der Waals surface area contributed by atoms with Crippen LogP contribution < -0.4 is 4.90 Å². The highest BCUT2D eigenvalue weighted by Gasteiger charge is 2.30. The lowest BCUT2D eigenvalue weighted by Crippen LogP contribution is -2.31. The van der Waals surface area contributed by atoms with Crippen LogP contribution in [0.4, 0.5) is 15.2 Å². The maximum Gasteiger partial charge on any atom is 0.236 e. The third-order valence-electron chi connectivity index (χ3n) is 4.76. The summed E-state index contributed by atoms with van der Waals surface area (Å²) in [6, 6.07) is 15.9. The molecule has 0 radical (unpaired) electrons. The molecule has 1 aromatic heterocycles. The highest BCUT2D eigenvalue weighted by Crippen LogP contribution is 2.36. The summed E-state index contributed by atoms with van der Waals surface area (Å²) in [6.45, 7) is 0. The third-order valence-corrected chi connectivity index (χ3v) is 5.59. The molecule has 0 atom stereocenters. The smallest absolute Gasteiger partial charge is 0.236 e. The number of carbonyl (C=O) groups excluding carboxylic acids is 1. The number of hydrogen-bond acceptors (Lipinski definition) is 3. The van der Waals surface area contributed by atoms with Gasteiger partial charge in [-0.1, -0.05) is 31.0 Å². The molecule has 2 aromatic carbocycles. The quantitative estimate of drug-likeness (QED) is 0.584. The van der Waals surface area contributed by atoms with Crippen LogP contribution in [0.1, 0.15) is 25.7 Å². The minimum absolute atomic E-state index is 0.0633. The summed E-state index contributed by atoms with van der Waals surface area (Å²) in [4.78, 5) is 19.6. The average Bonchev–Trinajstić information content (AvgIpc) is 3.36. The van der Waals surface area contributed by atoms with E-state index in [9.17, 15) is 9.18 Å². The van der Waals surface area contributed by atoms with Gasteiger partial charge in [0.1, 0.15) is 5.82 Å². The molecule has 132 valence electrons. The lowest BCUT2D eigenvalue weighted by molar-refractivity contribution is -0.121. The minimum atomic E-state index is -0.272. The van der Waals surface area contributed by atoms with Crippen molar-refractivity contribution in [1.29, 1.82) is 0 Å². The van der Waals surface area contributed by atoms with Gasteiger partial charge in [-0.2, -0.15) is 0 Å². The Kier molecular flexibility index (Phi) is 4.80. The molecule has 0 bridgehead atoms. The molecule has 0 aliphatic heterocycles. The molecule has 4 rings (SSSR count). The first-order valence-electron chi connectivity index (χ1n) is 8.83. The molecule has 1 aliphatic carbocycles. The lowest BCUT2D eigenvalue weighted by atomic mass is 10.1. The molecule has 0 saturated heterocycles. The summed E-state index contributed by atoms with van der Waals surface area (Å²) in [5, 5.41) is 2.58. The van der Waals surface area contributed by atoms with Crippen molar-refractivity contribution in [2.24, 2.45) is 5.92 Å². The van der Waals surface area contributed by atoms with Crippen LogP contribution in [0.15, 0.2) is 60.0 Å². The highest BCUT2D eigenvalue weighted by atomic mass is 32.1. The number of amides is 1. The Hall–Kier alpha value is -2.53. The van der Waals surface area contributed by atoms with Gasteiger partial charge in [0.2, 0.25) is 5.91 Å². The molecular formula is C21H19FN2OS. The Labute approximate surface area is 156 Å². The first kappa shape index (κ1) is 16.9. The van der Waals surface area contributed by atoms with Crippen molar-refractivity contribution in [2.45, 2.75) is 25.7 Å². The number of anilines is 2. The Bertz CT molecular complexity index is 886. The molecule has 26 heavy (non-hydrogen) atoms. The van der Waals surface area contributed by atoms with Crippen molar-refractivity contribution in [2.75, 3.05) is 4.90 Å². The fraction of sp³-hybridized carbons (Fsp3) is 0.238. The Balaban J connectivity index is 1.70. The molecule has 3 aromatic rings. The van der Waals surface area contributed by atoms with Crippen molar-refractivity contribution < 1.29 is 9.18 Å². The van der Waals surface area contributed by atoms with Gasteiger partial charge in [0.15, 0.2) is 5.13 Å². The molecule has 5 heteroatoms. The predicted octanol–water partition coefficient (Wildman–Crippen LogP) is 5.80. The molecule has 1 saturated carbocycles. The van der Waals surface area contributed by atoms with E-state index in [0.29, 0.717) is 5.13 Å². The number of carbonyl (C=O) groups is 1. The minimum Gasteiger partial charge on any atom is -0.274 e. The number of halogens is 1. The highest BCUT2D eigenvalue weighted by molar-refractivity contribution is 7.14. The standard InChI is InChI=1S/C21H19FN2OS/c22-17-12-10-15(11-13-17)19-14-26-21(23-19)24(18-8-2-1-3-9-18)20(25)16-6-4-5-7-16/h1-3,8-14,16H,4-7H2. The third kappa shape index (κ3) is 3.40. The van der Waals surface area contributed by atoms with E-state index in [-0.39, 0.29) is 17.6 Å². The van der Waals surface area contributed by atoms with E-state index in [2.05, 4.69) is 4.98 Å². The fourth-order valence-corrected chi connectivity index (χ4v) is 4.24. The van der Waals surface area contributed by atoms with Gasteiger partial charge in [-0.25, -0.2) is 9.37 Å². The number of rotatable bonds is 4. The van der Waals surface area contributed by atoms with Crippen LogP contribution in [-0.4, -0.2) is 10.9 Å². The van der Waals surface area contributed by atoms with E-state index in [0.717, 1.165) is 42.6 Å². The number of thiazole rings is 1. The second-order valence-electron chi connectivity index (χ2n) is 6.51. The zero-order valence-corrected chi connectivity index (χ0v) is 15.1. The van der Waals surface area contributed by atoms with Crippen LogP contribution in [0.3, 0.4) is 0 Å². The first-order chi connectivity index (χ1) is 12.7. The normalized spacial score (nSPS) is 14.5. The Morgan fingerprint density at radius 3 is 2.42 bits per heavy atom. The number of aromatic nitrogens is 1. The van der Waals surface area contributed by atoms with E-state index in [1.807, 2.05) is 35.7 Å². The van der Waals surface area contributed by atoms with Crippen LogP contribution in [0.2, 0.25) is 0 Å². The predicted molar refractivity (Wildman–Crippen MR) is 103 cm³/mol. The molecule has 1 fully saturated rings. The van der Waals surface area contributed by atoms with Gasteiger partial charge in [-0.3, -0.25) is 9.69 Å². The number of hydrogen-bond donors (Lipinski definition) is 0. The van der Waals surface area contributed by atoms with Crippen LogP contribution in [0.25, 0.3) is 11.3 Å². The molecule has 3 nitrogen and oxygen atoms in total. The number of nitrogens with zero attached hydrogens (tertiary/aromatic N) is 2. The lowest BCUT2D eigenvalue weighted by Gasteiger charge is -2.23. The topological polar surface area (TPSA) is 33.2 Å². The molecule has 0 unspecified atom stereocenters. The van der Waals surface area contributed by atoms with Crippen LogP contribution >= 0.6 is 11.3 Å². The van der Waals surface area contributed by atoms with Gasteiger partial charge in [0.25, 0.3) is 0 Å². The number of para-hydroxylation sites is 1. The summed E-state index contributed by atoms with van der Waals surface area (Å²) in [5.74, 6) is -0.0893. The monoisotopic (exact) mass is 366 g/mol. The van der Waals surface area contributed by atoms with E-state index in [1.165, 1.54) is 23.5 Å². The van der Waals surface area contributed by atoms with Crippen LogP contribution in [0, 0.1) is 11.7 Å². The second kappa shape index (κ2) is 7.38. The molecule has 1 amide bonds. The number of benzene rings is 2. The van der Waals surface area contributed by atoms with Gasteiger partial charge < -0.3 is 0 Å². The summed E-state index contributed by atoms with van der Waals surface area (Å²) >= 11 is 1.44. The van der Waals surface area contributed by atoms with Crippen LogP contribution in [0.5, 0.6) is 0 Å². The van der Waals surface area contributed by atoms with E-state index in [4.69, 9.17) is 0 Å². The molecule has 0 N–H and O–H groups in total. The largest absolute Gasteiger partial charge is 0.274 e. The average molecular weight is 366 g/mol. The van der Waals surface area contributed by atoms with Gasteiger partial charge in [-0.15, -0.1) is 11.3 Å². The van der Waals surface area contributed by atoms with Gasteiger partial charge in [0, 0.05) is 16.9 Å². The Morgan fingerprint density at radius 2 is 1.73 bits per heavy atom. The maximum absolute atomic E-state index is 13.2. The second-order valence-corrected chi connectivity index (χ2v) is 7.35. The van der Waals surface area contributed by atoms with Crippen molar-refractivity contribution in [3.8, 4) is 11.3 Å². The zero-order valence-electron chi connectivity index (χ0n) is 14.3. The van der Waals surface area contributed by atoms with Gasteiger partial charge in [-0.05, 0) is 49.2 Å². The molecule has 0 spiro atoms. The van der Waals surface area contributed by atoms with E-state index >= 15 is 0 Å². The first-order valence-corrected chi connectivity index (χ1v) is 9.71. The fourth-order valence-electron chi connectivity index (χ4n) is 3.38. The van der Waals surface area contributed by atoms with Crippen LogP contribution in [-0.2, 0) is 4.79 Å². The SMILES string of the molecule is O=C(C1CCCC1)N(c1ccccc1)c1nc(-c2ccc(F)cc2)cs1. The summed E-state index contributed by atoms with van der Waals surface area (Å²) in [7, 11) is 0. The molecular weight excluding hydrogens is 347 g/mol. The summed E-state index contributed by atoms with van der Waals surface area (Å²) in [6.07, 6.45) is 4.10. The summed E-state index contributed by atoms with van der Waals surface area (Å²) < 4.78 is 13.2. The summed E-state index contributed by atoms with van der Waals surface area (Å²) in [5.41, 5.74) is 2.43. The van der Waals surface area contributed by atoms with Gasteiger partial charge >= 0.3 is 0 Å². The van der Waals surface area contributed by atoms with Gasteiger partial charge in [0.05, 0.1) is 11.4 Å². The maximum atomic E-state index is 13.2. The van der Waals surface area contributed by atoms with Crippen molar-refractivity contribution in [1.82, 2.24) is 4.98 Å². The Morgan fingerprint density at radius 1 is 1.04 bits per heavy atom. The zero-order chi connectivity index (χ0) is 17.9.